The highest BCUT2D eigenvalue weighted by molar-refractivity contribution is 7.89. The summed E-state index contributed by atoms with van der Waals surface area (Å²) in [5.41, 5.74) is 1.12. The summed E-state index contributed by atoms with van der Waals surface area (Å²) < 4.78 is 43.4. The molecule has 0 radical (unpaired) electrons. The molecule has 0 spiro atoms. The lowest BCUT2D eigenvalue weighted by Gasteiger charge is -2.20. The average Bonchev–Trinajstić information content (AvgIpc) is 3.49. The minimum absolute atomic E-state index is 0.0552. The van der Waals surface area contributed by atoms with Crippen LogP contribution in [-0.4, -0.2) is 52.4 Å². The van der Waals surface area contributed by atoms with Gasteiger partial charge in [-0.25, -0.2) is 18.1 Å². The van der Waals surface area contributed by atoms with Gasteiger partial charge in [-0.1, -0.05) is 6.07 Å². The monoisotopic (exact) mass is 455 g/mol. The maximum absolute atomic E-state index is 13.4. The van der Waals surface area contributed by atoms with Gasteiger partial charge in [-0.2, -0.15) is 4.72 Å². The third-order valence-corrected chi connectivity index (χ3v) is 6.26. The summed E-state index contributed by atoms with van der Waals surface area (Å²) in [6.45, 7) is 0. The number of ether oxygens (including phenoxy) is 2. The Bertz CT molecular complexity index is 1300. The fraction of sp³-hybridized carbons (Fsp3) is 0.200. The number of nitrogens with one attached hydrogen (secondary N) is 1. The molecule has 2 heterocycles. The third kappa shape index (κ3) is 4.31. The molecule has 0 bridgehead atoms. The lowest BCUT2D eigenvalue weighted by Crippen LogP contribution is -2.31. The molecule has 0 aliphatic carbocycles. The molecule has 0 amide bonds. The van der Waals surface area contributed by atoms with Crippen molar-refractivity contribution in [3.05, 3.63) is 72.6 Å². The van der Waals surface area contributed by atoms with Crippen molar-refractivity contribution >= 4 is 10.0 Å². The summed E-state index contributed by atoms with van der Waals surface area (Å²) in [5, 5.41) is 11.0. The second-order valence-corrected chi connectivity index (χ2v) is 8.56. The molecule has 0 saturated heterocycles. The Hall–Kier alpha value is -3.77. The van der Waals surface area contributed by atoms with E-state index < -0.39 is 16.1 Å². The molecular formula is C20H21N7O4S. The molecule has 1 unspecified atom stereocenters. The number of tetrazole rings is 1. The number of sulfonamides is 1. The van der Waals surface area contributed by atoms with Crippen LogP contribution in [0.3, 0.4) is 0 Å². The van der Waals surface area contributed by atoms with E-state index in [1.54, 1.807) is 54.3 Å². The Morgan fingerprint density at radius 2 is 1.81 bits per heavy atom. The van der Waals surface area contributed by atoms with E-state index in [0.29, 0.717) is 28.6 Å². The number of nitrogens with zero attached hydrogens (tertiary/aromatic N) is 6. The number of aryl methyl sites for hydroxylation is 1. The van der Waals surface area contributed by atoms with E-state index in [9.17, 15) is 8.42 Å². The van der Waals surface area contributed by atoms with Crippen molar-refractivity contribution in [1.82, 2.24) is 34.5 Å². The van der Waals surface area contributed by atoms with Gasteiger partial charge in [-0.3, -0.25) is 0 Å². The Morgan fingerprint density at radius 3 is 2.41 bits per heavy atom. The van der Waals surface area contributed by atoms with Crippen LogP contribution >= 0.6 is 0 Å². The van der Waals surface area contributed by atoms with E-state index in [2.05, 4.69) is 25.2 Å². The summed E-state index contributed by atoms with van der Waals surface area (Å²) in [7, 11) is 0.882. The van der Waals surface area contributed by atoms with Crippen molar-refractivity contribution in [1.29, 1.82) is 0 Å². The van der Waals surface area contributed by atoms with Crippen LogP contribution in [0.25, 0.3) is 5.69 Å². The molecule has 0 saturated carbocycles. The summed E-state index contributed by atoms with van der Waals surface area (Å²) in [4.78, 5) is 4.42. The Kier molecular flexibility index (Phi) is 5.88. The number of aromatic nitrogens is 6. The van der Waals surface area contributed by atoms with E-state index in [1.807, 2.05) is 0 Å². The van der Waals surface area contributed by atoms with Gasteiger partial charge in [-0.05, 0) is 46.3 Å². The van der Waals surface area contributed by atoms with E-state index in [-0.39, 0.29) is 4.90 Å². The number of benzene rings is 2. The van der Waals surface area contributed by atoms with Crippen LogP contribution in [0.5, 0.6) is 11.5 Å². The van der Waals surface area contributed by atoms with Crippen LogP contribution in [-0.2, 0) is 17.1 Å². The number of hydrogen-bond acceptors (Lipinski definition) is 8. The van der Waals surface area contributed by atoms with Gasteiger partial charge in [0.1, 0.15) is 29.7 Å². The zero-order valence-corrected chi connectivity index (χ0v) is 18.4. The quantitative estimate of drug-likeness (QED) is 0.423. The minimum Gasteiger partial charge on any atom is -0.497 e. The van der Waals surface area contributed by atoms with Crippen LogP contribution in [0.4, 0.5) is 0 Å². The summed E-state index contributed by atoms with van der Waals surface area (Å²) in [6, 6.07) is 10.7. The zero-order valence-electron chi connectivity index (χ0n) is 17.6. The molecule has 32 heavy (non-hydrogen) atoms. The second kappa shape index (κ2) is 8.77. The number of methoxy groups -OCH3 is 2. The van der Waals surface area contributed by atoms with Gasteiger partial charge in [-0.15, -0.1) is 5.10 Å². The van der Waals surface area contributed by atoms with Crippen LogP contribution < -0.4 is 14.2 Å². The first-order valence-corrected chi connectivity index (χ1v) is 11.0. The minimum atomic E-state index is -3.97. The lowest BCUT2D eigenvalue weighted by molar-refractivity contribution is 0.392. The van der Waals surface area contributed by atoms with E-state index in [0.717, 1.165) is 0 Å². The third-order valence-electron chi connectivity index (χ3n) is 4.84. The number of hydrogen-bond donors (Lipinski definition) is 1. The first kappa shape index (κ1) is 21.5. The van der Waals surface area contributed by atoms with Crippen LogP contribution in [0.15, 0.2) is 66.1 Å². The smallest absolute Gasteiger partial charge is 0.241 e. The van der Waals surface area contributed by atoms with Crippen LogP contribution in [0.1, 0.15) is 17.4 Å². The van der Waals surface area contributed by atoms with Crippen molar-refractivity contribution in [3.63, 3.8) is 0 Å². The molecule has 166 valence electrons. The molecule has 2 aromatic carbocycles. The van der Waals surface area contributed by atoms with Gasteiger partial charge in [0.25, 0.3) is 0 Å². The van der Waals surface area contributed by atoms with Gasteiger partial charge in [0.05, 0.1) is 24.8 Å². The SMILES string of the molecule is COc1cc(OC)cc(C(NS(=O)(=O)c2cccc(-n3cnnn3)c2)c2nccn2C)c1. The van der Waals surface area contributed by atoms with E-state index in [4.69, 9.17) is 9.47 Å². The van der Waals surface area contributed by atoms with Gasteiger partial charge in [0.15, 0.2) is 0 Å². The van der Waals surface area contributed by atoms with Crippen molar-refractivity contribution in [2.45, 2.75) is 10.9 Å². The molecule has 4 aromatic rings. The Balaban J connectivity index is 1.77. The molecule has 1 N–H and O–H groups in total. The van der Waals surface area contributed by atoms with Gasteiger partial charge in [0, 0.05) is 25.5 Å². The maximum Gasteiger partial charge on any atom is 0.241 e. The normalized spacial score (nSPS) is 12.5. The molecule has 0 aliphatic heterocycles. The second-order valence-electron chi connectivity index (χ2n) is 6.85. The van der Waals surface area contributed by atoms with Crippen molar-refractivity contribution in [2.75, 3.05) is 14.2 Å². The highest BCUT2D eigenvalue weighted by Gasteiger charge is 2.27. The number of rotatable bonds is 8. The van der Waals surface area contributed by atoms with Gasteiger partial charge in [0.2, 0.25) is 10.0 Å². The topological polar surface area (TPSA) is 126 Å². The Labute approximate surface area is 184 Å². The predicted molar refractivity (Wildman–Crippen MR) is 114 cm³/mol. The van der Waals surface area contributed by atoms with Gasteiger partial charge < -0.3 is 14.0 Å². The molecule has 2 aromatic heterocycles. The molecule has 11 nitrogen and oxygen atoms in total. The lowest BCUT2D eigenvalue weighted by atomic mass is 10.1. The van der Waals surface area contributed by atoms with Gasteiger partial charge >= 0.3 is 0 Å². The van der Waals surface area contributed by atoms with Crippen LogP contribution in [0, 0.1) is 0 Å². The molecule has 12 heteroatoms. The maximum atomic E-state index is 13.4. The van der Waals surface area contributed by atoms with Crippen molar-refractivity contribution < 1.29 is 17.9 Å². The summed E-state index contributed by atoms with van der Waals surface area (Å²) >= 11 is 0. The fourth-order valence-corrected chi connectivity index (χ4v) is 4.44. The molecule has 1 atom stereocenters. The highest BCUT2D eigenvalue weighted by Crippen LogP contribution is 2.30. The molecule has 4 rings (SSSR count). The summed E-state index contributed by atoms with van der Waals surface area (Å²) in [6.07, 6.45) is 4.73. The summed E-state index contributed by atoms with van der Waals surface area (Å²) in [5.74, 6) is 1.55. The molecule has 0 aliphatic rings. The first-order valence-electron chi connectivity index (χ1n) is 9.47. The first-order chi connectivity index (χ1) is 15.4. The number of imidazole rings is 1. The van der Waals surface area contributed by atoms with E-state index >= 15 is 0 Å². The zero-order chi connectivity index (χ0) is 22.7. The van der Waals surface area contributed by atoms with Crippen LogP contribution in [0.2, 0.25) is 0 Å². The fourth-order valence-electron chi connectivity index (χ4n) is 3.22. The largest absolute Gasteiger partial charge is 0.497 e. The molecular weight excluding hydrogens is 434 g/mol. The van der Waals surface area contributed by atoms with Crippen molar-refractivity contribution in [3.8, 4) is 17.2 Å². The average molecular weight is 456 g/mol. The standard InChI is InChI=1S/C20H21N7O4S/c1-26-8-7-21-20(26)19(14-9-16(30-2)12-17(10-14)31-3)23-32(28,29)18-6-4-5-15(11-18)27-13-22-24-25-27/h4-13,19,23H,1-3H3. The van der Waals surface area contributed by atoms with Crippen molar-refractivity contribution in [2.24, 2.45) is 7.05 Å². The molecule has 0 fully saturated rings. The highest BCUT2D eigenvalue weighted by atomic mass is 32.2. The Morgan fingerprint density at radius 1 is 1.06 bits per heavy atom. The van der Waals surface area contributed by atoms with E-state index in [1.165, 1.54) is 37.4 Å². The predicted octanol–water partition coefficient (Wildman–Crippen LogP) is 1.48.